The van der Waals surface area contributed by atoms with Crippen LogP contribution in [0.25, 0.3) is 10.9 Å². The van der Waals surface area contributed by atoms with Crippen LogP contribution in [0.5, 0.6) is 11.5 Å². The molecular weight excluding hydrogens is 436 g/mol. The molecule has 3 heterocycles. The van der Waals surface area contributed by atoms with Crippen molar-refractivity contribution in [3.05, 3.63) is 53.5 Å². The first-order valence-corrected chi connectivity index (χ1v) is 11.7. The number of anilines is 1. The van der Waals surface area contributed by atoms with E-state index in [1.807, 2.05) is 12.1 Å². The molecule has 0 bridgehead atoms. The molecule has 7 nitrogen and oxygen atoms in total. The van der Waals surface area contributed by atoms with Crippen molar-refractivity contribution in [2.45, 2.75) is 19.3 Å². The number of morpholine rings is 1. The summed E-state index contributed by atoms with van der Waals surface area (Å²) in [5.74, 6) is 1.25. The van der Waals surface area contributed by atoms with E-state index in [1.54, 1.807) is 13.4 Å². The number of rotatable bonds is 7. The molecule has 8 heteroatoms. The fraction of sp³-hybridized carbons (Fsp3) is 0.400. The molecule has 1 N–H and O–H groups in total. The maximum Gasteiger partial charge on any atom is 0.163 e. The SMILES string of the molecule is COc1cc2c(C3C(=S)Nc4ccc(C)cc43)ncnc2cc1OCCCN1CCOCC1. The molecule has 1 atom stereocenters. The molecule has 2 aromatic carbocycles. The maximum absolute atomic E-state index is 6.10. The van der Waals surface area contributed by atoms with E-state index in [0.717, 1.165) is 72.1 Å². The fourth-order valence-electron chi connectivity index (χ4n) is 4.53. The number of aromatic nitrogens is 2. The number of fused-ring (bicyclic) bond motifs is 2. The van der Waals surface area contributed by atoms with Crippen LogP contribution in [0.1, 0.15) is 29.2 Å². The second-order valence-electron chi connectivity index (χ2n) is 8.45. The van der Waals surface area contributed by atoms with Crippen LogP contribution in [0.15, 0.2) is 36.7 Å². The number of aryl methyl sites for hydroxylation is 1. The number of hydrogen-bond donors (Lipinski definition) is 1. The lowest BCUT2D eigenvalue weighted by Gasteiger charge is -2.26. The predicted octanol–water partition coefficient (Wildman–Crippen LogP) is 3.93. The highest BCUT2D eigenvalue weighted by molar-refractivity contribution is 7.80. The van der Waals surface area contributed by atoms with E-state index in [2.05, 4.69) is 45.3 Å². The molecule has 0 aliphatic carbocycles. The van der Waals surface area contributed by atoms with E-state index in [1.165, 1.54) is 5.56 Å². The molecule has 2 aliphatic rings. The van der Waals surface area contributed by atoms with Crippen molar-refractivity contribution in [3.8, 4) is 11.5 Å². The molecule has 172 valence electrons. The minimum absolute atomic E-state index is 0.120. The van der Waals surface area contributed by atoms with Gasteiger partial charge in [-0.25, -0.2) is 9.97 Å². The standard InChI is InChI=1S/C25H28N4O3S/c1-16-4-5-19-17(12-16)23(25(33)28-19)24-18-13-21(30-2)22(14-20(18)26-15-27-24)32-9-3-6-29-7-10-31-11-8-29/h4-5,12-15,23H,3,6-11H2,1-2H3,(H,28,33). The molecule has 5 rings (SSSR count). The molecule has 2 aliphatic heterocycles. The summed E-state index contributed by atoms with van der Waals surface area (Å²) in [5.41, 5.74) is 5.05. The van der Waals surface area contributed by atoms with E-state index < -0.39 is 0 Å². The van der Waals surface area contributed by atoms with Gasteiger partial charge >= 0.3 is 0 Å². The van der Waals surface area contributed by atoms with Crippen molar-refractivity contribution in [1.29, 1.82) is 0 Å². The normalized spacial score (nSPS) is 18.2. The first-order valence-electron chi connectivity index (χ1n) is 11.3. The zero-order valence-electron chi connectivity index (χ0n) is 19.0. The summed E-state index contributed by atoms with van der Waals surface area (Å²) in [6.45, 7) is 7.29. The molecule has 1 aromatic heterocycles. The van der Waals surface area contributed by atoms with Crippen LogP contribution in [0.2, 0.25) is 0 Å². The van der Waals surface area contributed by atoms with Crippen molar-refractivity contribution in [2.75, 3.05) is 51.9 Å². The van der Waals surface area contributed by atoms with Crippen LogP contribution < -0.4 is 14.8 Å². The minimum Gasteiger partial charge on any atom is -0.493 e. The molecular formula is C25H28N4O3S. The average molecular weight is 465 g/mol. The van der Waals surface area contributed by atoms with Gasteiger partial charge in [0.15, 0.2) is 11.5 Å². The Balaban J connectivity index is 1.40. The second kappa shape index (κ2) is 9.59. The van der Waals surface area contributed by atoms with Crippen LogP contribution in [-0.2, 0) is 4.74 Å². The van der Waals surface area contributed by atoms with Crippen LogP contribution in [0.4, 0.5) is 5.69 Å². The summed E-state index contributed by atoms with van der Waals surface area (Å²) >= 11 is 5.71. The first-order chi connectivity index (χ1) is 16.1. The van der Waals surface area contributed by atoms with Crippen LogP contribution >= 0.6 is 12.2 Å². The molecule has 1 fully saturated rings. The van der Waals surface area contributed by atoms with Crippen LogP contribution in [-0.4, -0.2) is 66.4 Å². The lowest BCUT2D eigenvalue weighted by atomic mass is 9.93. The van der Waals surface area contributed by atoms with Crippen LogP contribution in [0, 0.1) is 6.92 Å². The summed E-state index contributed by atoms with van der Waals surface area (Å²) in [6, 6.07) is 10.2. The lowest BCUT2D eigenvalue weighted by Crippen LogP contribution is -2.37. The zero-order valence-corrected chi connectivity index (χ0v) is 19.8. The topological polar surface area (TPSA) is 68.7 Å². The van der Waals surface area contributed by atoms with E-state index >= 15 is 0 Å². The van der Waals surface area contributed by atoms with Crippen LogP contribution in [0.3, 0.4) is 0 Å². The smallest absolute Gasteiger partial charge is 0.163 e. The first kappa shape index (κ1) is 22.0. The van der Waals surface area contributed by atoms with E-state index in [0.29, 0.717) is 18.1 Å². The number of nitrogens with one attached hydrogen (secondary N) is 1. The summed E-state index contributed by atoms with van der Waals surface area (Å²) in [5, 5.41) is 4.26. The van der Waals surface area contributed by atoms with Gasteiger partial charge in [-0.3, -0.25) is 4.90 Å². The Morgan fingerprint density at radius 2 is 2.00 bits per heavy atom. The van der Waals surface area contributed by atoms with Gasteiger partial charge in [0, 0.05) is 36.8 Å². The van der Waals surface area contributed by atoms with Crippen molar-refractivity contribution in [2.24, 2.45) is 0 Å². The number of thiocarbonyl (C=S) groups is 1. The van der Waals surface area contributed by atoms with Crippen molar-refractivity contribution in [1.82, 2.24) is 14.9 Å². The maximum atomic E-state index is 6.10. The highest BCUT2D eigenvalue weighted by Gasteiger charge is 2.31. The van der Waals surface area contributed by atoms with Gasteiger partial charge < -0.3 is 19.5 Å². The second-order valence-corrected chi connectivity index (χ2v) is 8.89. The molecule has 33 heavy (non-hydrogen) atoms. The van der Waals surface area contributed by atoms with Gasteiger partial charge in [-0.15, -0.1) is 0 Å². The van der Waals surface area contributed by atoms with Gasteiger partial charge in [0.05, 0.1) is 49.0 Å². The predicted molar refractivity (Wildman–Crippen MR) is 133 cm³/mol. The van der Waals surface area contributed by atoms with Crippen molar-refractivity contribution < 1.29 is 14.2 Å². The Morgan fingerprint density at radius 1 is 1.15 bits per heavy atom. The highest BCUT2D eigenvalue weighted by atomic mass is 32.1. The van der Waals surface area contributed by atoms with Gasteiger partial charge in [-0.1, -0.05) is 29.9 Å². The van der Waals surface area contributed by atoms with Gasteiger partial charge in [0.1, 0.15) is 6.33 Å². The Labute approximate surface area is 199 Å². The molecule has 0 spiro atoms. The molecule has 0 saturated carbocycles. The monoisotopic (exact) mass is 464 g/mol. The van der Waals surface area contributed by atoms with E-state index in [-0.39, 0.29) is 5.92 Å². The van der Waals surface area contributed by atoms with Crippen molar-refractivity contribution in [3.63, 3.8) is 0 Å². The largest absolute Gasteiger partial charge is 0.493 e. The average Bonchev–Trinajstić information content (AvgIpc) is 3.16. The third-order valence-corrected chi connectivity index (χ3v) is 6.58. The highest BCUT2D eigenvalue weighted by Crippen LogP contribution is 2.41. The number of benzene rings is 2. The minimum atomic E-state index is -0.120. The van der Waals surface area contributed by atoms with Gasteiger partial charge in [-0.2, -0.15) is 0 Å². The summed E-state index contributed by atoms with van der Waals surface area (Å²) in [7, 11) is 1.66. The fourth-order valence-corrected chi connectivity index (χ4v) is 4.88. The Morgan fingerprint density at radius 3 is 2.82 bits per heavy atom. The number of ether oxygens (including phenoxy) is 3. The van der Waals surface area contributed by atoms with Gasteiger partial charge in [0.25, 0.3) is 0 Å². The Bertz CT molecular complexity index is 1180. The molecule has 1 unspecified atom stereocenters. The molecule has 0 amide bonds. The number of methoxy groups -OCH3 is 1. The molecule has 3 aromatic rings. The van der Waals surface area contributed by atoms with Gasteiger partial charge in [0.2, 0.25) is 0 Å². The Kier molecular flexibility index (Phi) is 6.39. The molecule has 1 saturated heterocycles. The molecule has 0 radical (unpaired) electrons. The third kappa shape index (κ3) is 4.51. The van der Waals surface area contributed by atoms with E-state index in [4.69, 9.17) is 26.4 Å². The van der Waals surface area contributed by atoms with E-state index in [9.17, 15) is 0 Å². The lowest BCUT2D eigenvalue weighted by molar-refractivity contribution is 0.0357. The Hall–Kier alpha value is -2.81. The van der Waals surface area contributed by atoms with Crippen molar-refractivity contribution >= 4 is 33.8 Å². The summed E-state index contributed by atoms with van der Waals surface area (Å²) in [4.78, 5) is 12.3. The number of nitrogens with zero attached hydrogens (tertiary/aromatic N) is 3. The quantitative estimate of drug-likeness (QED) is 0.417. The third-order valence-electron chi connectivity index (χ3n) is 6.24. The summed E-state index contributed by atoms with van der Waals surface area (Å²) in [6.07, 6.45) is 2.54. The summed E-state index contributed by atoms with van der Waals surface area (Å²) < 4.78 is 17.2. The number of hydrogen-bond acceptors (Lipinski definition) is 7. The zero-order chi connectivity index (χ0) is 22.8. The van der Waals surface area contributed by atoms with Gasteiger partial charge in [-0.05, 0) is 31.0 Å².